The van der Waals surface area contributed by atoms with Crippen LogP contribution in [0.25, 0.3) is 0 Å². The molecule has 0 radical (unpaired) electrons. The van der Waals surface area contributed by atoms with Crippen molar-refractivity contribution in [1.29, 1.82) is 0 Å². The highest BCUT2D eigenvalue weighted by Gasteiger charge is 2.21. The van der Waals surface area contributed by atoms with Gasteiger partial charge in [0.05, 0.1) is 4.90 Å². The Morgan fingerprint density at radius 1 is 1.25 bits per heavy atom. The van der Waals surface area contributed by atoms with Crippen molar-refractivity contribution in [3.05, 3.63) is 29.8 Å². The summed E-state index contributed by atoms with van der Waals surface area (Å²) in [7, 11) is -3.77. The molecular formula is C13H20N2O4S. The smallest absolute Gasteiger partial charge is 0.322 e. The molecule has 0 fully saturated rings. The van der Waals surface area contributed by atoms with Gasteiger partial charge in [0.2, 0.25) is 0 Å². The third kappa shape index (κ3) is 4.92. The number of aliphatic carboxylic acids is 1. The lowest BCUT2D eigenvalue weighted by molar-refractivity contribution is -0.140. The van der Waals surface area contributed by atoms with Crippen molar-refractivity contribution in [3.63, 3.8) is 0 Å². The Balaban J connectivity index is 2.75. The summed E-state index contributed by atoms with van der Waals surface area (Å²) >= 11 is 0. The minimum Gasteiger partial charge on any atom is -0.480 e. The van der Waals surface area contributed by atoms with Crippen molar-refractivity contribution in [3.8, 4) is 0 Å². The summed E-state index contributed by atoms with van der Waals surface area (Å²) in [5.74, 6) is -0.960. The molecular weight excluding hydrogens is 280 g/mol. The number of carbonyl (C=O) groups is 1. The molecule has 1 aromatic rings. The van der Waals surface area contributed by atoms with E-state index in [4.69, 9.17) is 5.11 Å². The molecule has 0 aliphatic rings. The van der Waals surface area contributed by atoms with Crippen molar-refractivity contribution in [2.24, 2.45) is 5.92 Å². The number of hydrogen-bond acceptors (Lipinski definition) is 4. The van der Waals surface area contributed by atoms with Crippen LogP contribution >= 0.6 is 0 Å². The number of hydrogen-bond donors (Lipinski definition) is 3. The molecule has 0 saturated heterocycles. The van der Waals surface area contributed by atoms with Gasteiger partial charge in [-0.1, -0.05) is 31.5 Å². The summed E-state index contributed by atoms with van der Waals surface area (Å²) in [6.45, 7) is 5.59. The Labute approximate surface area is 119 Å². The van der Waals surface area contributed by atoms with Crippen molar-refractivity contribution in [2.45, 2.75) is 38.1 Å². The van der Waals surface area contributed by atoms with Crippen LogP contribution < -0.4 is 10.3 Å². The average molecular weight is 300 g/mol. The molecule has 0 heterocycles. The zero-order valence-corrected chi connectivity index (χ0v) is 12.6. The van der Waals surface area contributed by atoms with Crippen molar-refractivity contribution < 1.29 is 18.3 Å². The first-order valence-electron chi connectivity index (χ1n) is 6.29. The molecule has 1 rings (SSSR count). The second-order valence-corrected chi connectivity index (χ2v) is 6.77. The molecule has 0 unspecified atom stereocenters. The van der Waals surface area contributed by atoms with E-state index in [9.17, 15) is 13.2 Å². The van der Waals surface area contributed by atoms with E-state index in [-0.39, 0.29) is 10.8 Å². The molecule has 20 heavy (non-hydrogen) atoms. The van der Waals surface area contributed by atoms with Crippen molar-refractivity contribution >= 4 is 16.0 Å². The van der Waals surface area contributed by atoms with E-state index >= 15 is 0 Å². The molecule has 0 aliphatic heterocycles. The Hall–Kier alpha value is -1.44. The molecule has 6 nitrogen and oxygen atoms in total. The third-order valence-corrected chi connectivity index (χ3v) is 3.98. The standard InChI is InChI=1S/C13H20N2O4S/c1-9(2)8-12(13(16)17)14-15-20(18,19)11-6-4-10(3)5-7-11/h4-7,9,12,14-15H,8H2,1-3H3,(H,16,17)/t12-/m0/s1. The second kappa shape index (κ2) is 6.83. The molecule has 112 valence electrons. The molecule has 7 heteroatoms. The van der Waals surface area contributed by atoms with Crippen LogP contribution in [-0.2, 0) is 14.8 Å². The number of sulfonamides is 1. The number of rotatable bonds is 7. The van der Waals surface area contributed by atoms with E-state index in [1.807, 2.05) is 20.8 Å². The highest BCUT2D eigenvalue weighted by atomic mass is 32.2. The summed E-state index contributed by atoms with van der Waals surface area (Å²) in [4.78, 5) is 13.2. The lowest BCUT2D eigenvalue weighted by atomic mass is 10.0. The average Bonchev–Trinajstić information content (AvgIpc) is 2.34. The largest absolute Gasteiger partial charge is 0.480 e. The third-order valence-electron chi connectivity index (χ3n) is 2.70. The van der Waals surface area contributed by atoms with Gasteiger partial charge in [-0.25, -0.2) is 13.8 Å². The summed E-state index contributed by atoms with van der Waals surface area (Å²) in [5.41, 5.74) is 3.31. The van der Waals surface area contributed by atoms with Gasteiger partial charge >= 0.3 is 5.97 Å². The van der Waals surface area contributed by atoms with Crippen LogP contribution in [-0.4, -0.2) is 25.5 Å². The summed E-state index contributed by atoms with van der Waals surface area (Å²) in [6, 6.07) is 5.33. The van der Waals surface area contributed by atoms with Crippen LogP contribution in [0.4, 0.5) is 0 Å². The Morgan fingerprint density at radius 3 is 2.25 bits per heavy atom. The normalized spacial score (nSPS) is 13.4. The van der Waals surface area contributed by atoms with Crippen LogP contribution in [0.3, 0.4) is 0 Å². The maximum absolute atomic E-state index is 12.0. The predicted octanol–water partition coefficient (Wildman–Crippen LogP) is 1.28. The van der Waals surface area contributed by atoms with Gasteiger partial charge < -0.3 is 5.11 Å². The zero-order chi connectivity index (χ0) is 15.3. The number of carboxylic acid groups (broad SMARTS) is 1. The number of hydrazine groups is 1. The molecule has 1 aromatic carbocycles. The maximum Gasteiger partial charge on any atom is 0.322 e. The van der Waals surface area contributed by atoms with Gasteiger partial charge in [0, 0.05) is 0 Å². The lowest BCUT2D eigenvalue weighted by Gasteiger charge is -2.17. The molecule has 1 atom stereocenters. The highest BCUT2D eigenvalue weighted by molar-refractivity contribution is 7.89. The number of nitrogens with one attached hydrogen (secondary N) is 2. The summed E-state index contributed by atoms with van der Waals surface area (Å²) < 4.78 is 24.0. The number of benzene rings is 1. The molecule has 0 spiro atoms. The zero-order valence-electron chi connectivity index (χ0n) is 11.8. The van der Waals surface area contributed by atoms with E-state index in [0.717, 1.165) is 5.56 Å². The van der Waals surface area contributed by atoms with Gasteiger partial charge in [-0.15, -0.1) is 4.83 Å². The fourth-order valence-corrected chi connectivity index (χ4v) is 2.53. The van der Waals surface area contributed by atoms with Gasteiger partial charge in [0.15, 0.2) is 0 Å². The van der Waals surface area contributed by atoms with Crippen LogP contribution in [0.1, 0.15) is 25.8 Å². The molecule has 3 N–H and O–H groups in total. The van der Waals surface area contributed by atoms with Crippen LogP contribution in [0.5, 0.6) is 0 Å². The van der Waals surface area contributed by atoms with Crippen LogP contribution in [0, 0.1) is 12.8 Å². The molecule has 0 saturated carbocycles. The minimum absolute atomic E-state index is 0.0873. The van der Waals surface area contributed by atoms with Crippen LogP contribution in [0.15, 0.2) is 29.2 Å². The molecule has 0 bridgehead atoms. The monoisotopic (exact) mass is 300 g/mol. The Kier molecular flexibility index (Phi) is 5.67. The first-order valence-corrected chi connectivity index (χ1v) is 7.77. The topological polar surface area (TPSA) is 95.5 Å². The quantitative estimate of drug-likeness (QED) is 0.659. The fraction of sp³-hybridized carbons (Fsp3) is 0.462. The first kappa shape index (κ1) is 16.6. The maximum atomic E-state index is 12.0. The Bertz CT molecular complexity index is 552. The van der Waals surface area contributed by atoms with Crippen molar-refractivity contribution in [2.75, 3.05) is 0 Å². The van der Waals surface area contributed by atoms with Gasteiger partial charge in [-0.3, -0.25) is 4.79 Å². The fourth-order valence-electron chi connectivity index (χ4n) is 1.62. The Morgan fingerprint density at radius 2 is 1.80 bits per heavy atom. The second-order valence-electron chi connectivity index (χ2n) is 5.08. The van der Waals surface area contributed by atoms with Gasteiger partial charge in [0.1, 0.15) is 6.04 Å². The highest BCUT2D eigenvalue weighted by Crippen LogP contribution is 2.10. The van der Waals surface area contributed by atoms with Crippen molar-refractivity contribution in [1.82, 2.24) is 10.3 Å². The van der Waals surface area contributed by atoms with E-state index in [1.165, 1.54) is 12.1 Å². The van der Waals surface area contributed by atoms with E-state index in [0.29, 0.717) is 6.42 Å². The van der Waals surface area contributed by atoms with E-state index < -0.39 is 22.0 Å². The van der Waals surface area contributed by atoms with Gasteiger partial charge in [-0.05, 0) is 31.4 Å². The van der Waals surface area contributed by atoms with Gasteiger partial charge in [-0.2, -0.15) is 0 Å². The molecule has 0 amide bonds. The lowest BCUT2D eigenvalue weighted by Crippen LogP contribution is -2.48. The number of aryl methyl sites for hydroxylation is 1. The predicted molar refractivity (Wildman–Crippen MR) is 75.5 cm³/mol. The van der Waals surface area contributed by atoms with E-state index in [1.54, 1.807) is 12.1 Å². The summed E-state index contributed by atoms with van der Waals surface area (Å²) in [5, 5.41) is 9.03. The number of carboxylic acids is 1. The SMILES string of the molecule is Cc1ccc(S(=O)(=O)NN[C@@H](CC(C)C)C(=O)O)cc1. The molecule has 0 aliphatic carbocycles. The minimum atomic E-state index is -3.77. The molecule has 0 aromatic heterocycles. The first-order chi connectivity index (χ1) is 9.22. The summed E-state index contributed by atoms with van der Waals surface area (Å²) in [6.07, 6.45) is 0.325. The van der Waals surface area contributed by atoms with Crippen LogP contribution in [0.2, 0.25) is 0 Å². The van der Waals surface area contributed by atoms with Gasteiger partial charge in [0.25, 0.3) is 10.0 Å². The van der Waals surface area contributed by atoms with E-state index in [2.05, 4.69) is 10.3 Å².